The summed E-state index contributed by atoms with van der Waals surface area (Å²) in [5, 5.41) is 8.70. The predicted octanol–water partition coefficient (Wildman–Crippen LogP) is 2.03. The van der Waals surface area contributed by atoms with Crippen molar-refractivity contribution in [3.63, 3.8) is 0 Å². The smallest absolute Gasteiger partial charge is 0.243 e. The number of hydrogen-bond acceptors (Lipinski definition) is 4. The number of aliphatic hydroxyl groups excluding tert-OH is 1. The van der Waals surface area contributed by atoms with Crippen molar-refractivity contribution in [1.29, 1.82) is 0 Å². The molecule has 118 valence electrons. The maximum absolute atomic E-state index is 12.7. The van der Waals surface area contributed by atoms with Gasteiger partial charge >= 0.3 is 0 Å². The molecule has 1 aromatic rings. The second kappa shape index (κ2) is 7.06. The maximum Gasteiger partial charge on any atom is 0.243 e. The monoisotopic (exact) mass is 313 g/mol. The summed E-state index contributed by atoms with van der Waals surface area (Å²) in [7, 11) is -3.60. The van der Waals surface area contributed by atoms with Crippen molar-refractivity contribution < 1.29 is 18.3 Å². The summed E-state index contributed by atoms with van der Waals surface area (Å²) in [6, 6.07) is 6.17. The summed E-state index contributed by atoms with van der Waals surface area (Å²) in [6.45, 7) is 9.48. The Bertz CT molecular complexity index is 558. The number of hydrogen-bond donors (Lipinski definition) is 1. The van der Waals surface area contributed by atoms with Gasteiger partial charge < -0.3 is 9.84 Å². The van der Waals surface area contributed by atoms with E-state index in [2.05, 4.69) is 6.58 Å². The molecule has 0 radical (unpaired) electrons. The van der Waals surface area contributed by atoms with E-state index in [1.54, 1.807) is 18.2 Å². The van der Waals surface area contributed by atoms with E-state index in [9.17, 15) is 8.42 Å². The molecule has 0 aliphatic rings. The molecule has 0 spiro atoms. The molecule has 0 aliphatic heterocycles. The first-order valence-corrected chi connectivity index (χ1v) is 8.15. The van der Waals surface area contributed by atoms with Crippen LogP contribution in [0.3, 0.4) is 0 Å². The van der Waals surface area contributed by atoms with Gasteiger partial charge in [-0.25, -0.2) is 8.42 Å². The van der Waals surface area contributed by atoms with Gasteiger partial charge in [0, 0.05) is 12.1 Å². The molecule has 0 amide bonds. The molecule has 0 bridgehead atoms. The summed E-state index contributed by atoms with van der Waals surface area (Å²) in [5.41, 5.74) is -0.543. The van der Waals surface area contributed by atoms with Crippen molar-refractivity contribution >= 4 is 10.0 Å². The minimum atomic E-state index is -3.60. The Morgan fingerprint density at radius 1 is 1.29 bits per heavy atom. The van der Waals surface area contributed by atoms with E-state index in [0.717, 1.165) is 0 Å². The van der Waals surface area contributed by atoms with E-state index in [4.69, 9.17) is 9.84 Å². The van der Waals surface area contributed by atoms with Gasteiger partial charge in [-0.05, 0) is 45.0 Å². The van der Waals surface area contributed by atoms with Crippen LogP contribution in [0.5, 0.6) is 5.75 Å². The minimum Gasteiger partial charge on any atom is -0.491 e. The Morgan fingerprint density at radius 2 is 1.86 bits per heavy atom. The Morgan fingerprint density at radius 3 is 2.29 bits per heavy atom. The third-order valence-corrected chi connectivity index (χ3v) is 4.96. The lowest BCUT2D eigenvalue weighted by atomic mass is 10.1. The average Bonchev–Trinajstić information content (AvgIpc) is 2.41. The third kappa shape index (κ3) is 4.56. The number of nitrogens with zero attached hydrogens (tertiary/aromatic N) is 1. The molecule has 6 heteroatoms. The van der Waals surface area contributed by atoms with Gasteiger partial charge in [-0.2, -0.15) is 4.31 Å². The molecule has 0 saturated heterocycles. The van der Waals surface area contributed by atoms with Crippen molar-refractivity contribution in [2.45, 2.75) is 31.2 Å². The lowest BCUT2D eigenvalue weighted by molar-refractivity contribution is 0.201. The van der Waals surface area contributed by atoms with E-state index >= 15 is 0 Å². The van der Waals surface area contributed by atoms with Crippen LogP contribution < -0.4 is 4.74 Å². The maximum atomic E-state index is 12.7. The Labute approximate surface area is 126 Å². The molecule has 1 aromatic carbocycles. The Hall–Kier alpha value is -1.37. The molecular formula is C15H23NO4S. The van der Waals surface area contributed by atoms with Gasteiger partial charge in [0.2, 0.25) is 10.0 Å². The molecule has 0 aliphatic carbocycles. The number of rotatable bonds is 7. The molecule has 0 fully saturated rings. The first-order chi connectivity index (χ1) is 9.73. The van der Waals surface area contributed by atoms with Crippen molar-refractivity contribution in [1.82, 2.24) is 4.31 Å². The lowest BCUT2D eigenvalue weighted by Crippen LogP contribution is -2.45. The molecule has 0 aromatic heterocycles. The first-order valence-electron chi connectivity index (χ1n) is 6.71. The van der Waals surface area contributed by atoms with Crippen LogP contribution in [0, 0.1) is 0 Å². The van der Waals surface area contributed by atoms with Crippen molar-refractivity contribution in [3.8, 4) is 5.75 Å². The quantitative estimate of drug-likeness (QED) is 0.782. The average molecular weight is 313 g/mol. The summed E-state index contributed by atoms with van der Waals surface area (Å²) in [4.78, 5) is 0.204. The Balaban J connectivity index is 3.08. The van der Waals surface area contributed by atoms with Gasteiger partial charge in [-0.1, -0.05) is 6.08 Å². The van der Waals surface area contributed by atoms with Crippen LogP contribution in [-0.4, -0.2) is 43.1 Å². The summed E-state index contributed by atoms with van der Waals surface area (Å²) < 4.78 is 32.0. The molecule has 1 rings (SSSR count). The van der Waals surface area contributed by atoms with E-state index in [-0.39, 0.29) is 24.7 Å². The van der Waals surface area contributed by atoms with Gasteiger partial charge in [-0.3, -0.25) is 0 Å². The van der Waals surface area contributed by atoms with Crippen LogP contribution in [0.25, 0.3) is 0 Å². The molecule has 0 saturated carbocycles. The van der Waals surface area contributed by atoms with Crippen LogP contribution >= 0.6 is 0 Å². The predicted molar refractivity (Wildman–Crippen MR) is 82.9 cm³/mol. The number of sulfonamides is 1. The fourth-order valence-corrected chi connectivity index (χ4v) is 3.61. The van der Waals surface area contributed by atoms with Gasteiger partial charge in [0.1, 0.15) is 12.4 Å². The first kappa shape index (κ1) is 17.7. The zero-order chi connectivity index (χ0) is 16.1. The van der Waals surface area contributed by atoms with Gasteiger partial charge in [-0.15, -0.1) is 6.58 Å². The number of ether oxygens (including phenoxy) is 1. The normalized spacial score (nSPS) is 12.4. The largest absolute Gasteiger partial charge is 0.491 e. The number of benzene rings is 1. The zero-order valence-corrected chi connectivity index (χ0v) is 13.6. The standard InChI is InChI=1S/C15H23NO4S/c1-5-10-16(15(2,3)4)21(18,19)14-8-6-13(7-9-14)20-12-11-17/h5-9,17H,1,10-12H2,2-4H3. The fourth-order valence-electron chi connectivity index (χ4n) is 1.85. The molecular weight excluding hydrogens is 290 g/mol. The molecule has 5 nitrogen and oxygen atoms in total. The molecule has 0 heterocycles. The summed E-state index contributed by atoms with van der Waals surface area (Å²) in [6.07, 6.45) is 1.57. The van der Waals surface area contributed by atoms with Crippen LogP contribution in [-0.2, 0) is 10.0 Å². The van der Waals surface area contributed by atoms with Gasteiger partial charge in [0.25, 0.3) is 0 Å². The van der Waals surface area contributed by atoms with Crippen molar-refractivity contribution in [3.05, 3.63) is 36.9 Å². The lowest BCUT2D eigenvalue weighted by Gasteiger charge is -2.33. The summed E-state index contributed by atoms with van der Waals surface area (Å²) in [5.74, 6) is 0.522. The van der Waals surface area contributed by atoms with Crippen LogP contribution in [0.2, 0.25) is 0 Å². The van der Waals surface area contributed by atoms with Gasteiger partial charge in [0.05, 0.1) is 11.5 Å². The Kier molecular flexibility index (Phi) is 5.95. The highest BCUT2D eigenvalue weighted by Gasteiger charge is 2.32. The van der Waals surface area contributed by atoms with Crippen molar-refractivity contribution in [2.75, 3.05) is 19.8 Å². The third-order valence-electron chi connectivity index (χ3n) is 2.81. The van der Waals surface area contributed by atoms with E-state index in [1.165, 1.54) is 16.4 Å². The fraction of sp³-hybridized carbons (Fsp3) is 0.467. The van der Waals surface area contributed by atoms with Crippen molar-refractivity contribution in [2.24, 2.45) is 0 Å². The topological polar surface area (TPSA) is 66.8 Å². The molecule has 21 heavy (non-hydrogen) atoms. The van der Waals surface area contributed by atoms with Crippen LogP contribution in [0.4, 0.5) is 0 Å². The number of aliphatic hydroxyl groups is 1. The highest BCUT2D eigenvalue weighted by Crippen LogP contribution is 2.25. The van der Waals surface area contributed by atoms with E-state index in [1.807, 2.05) is 20.8 Å². The highest BCUT2D eigenvalue weighted by molar-refractivity contribution is 7.89. The second-order valence-corrected chi connectivity index (χ2v) is 7.40. The molecule has 0 atom stereocenters. The van der Waals surface area contributed by atoms with Gasteiger partial charge in [0.15, 0.2) is 0 Å². The zero-order valence-electron chi connectivity index (χ0n) is 12.7. The summed E-state index contributed by atoms with van der Waals surface area (Å²) >= 11 is 0. The highest BCUT2D eigenvalue weighted by atomic mass is 32.2. The van der Waals surface area contributed by atoms with E-state index < -0.39 is 15.6 Å². The molecule has 1 N–H and O–H groups in total. The van der Waals surface area contributed by atoms with Crippen LogP contribution in [0.15, 0.2) is 41.8 Å². The minimum absolute atomic E-state index is 0.0861. The van der Waals surface area contributed by atoms with E-state index in [0.29, 0.717) is 5.75 Å². The molecule has 0 unspecified atom stereocenters. The second-order valence-electron chi connectivity index (χ2n) is 5.54. The SMILES string of the molecule is C=CCN(C(C)(C)C)S(=O)(=O)c1ccc(OCCO)cc1. The van der Waals surface area contributed by atoms with Crippen LogP contribution in [0.1, 0.15) is 20.8 Å².